The molecule has 12 heteroatoms. The largest absolute Gasteiger partial charge is 0.352 e. The molecule has 1 N–H and O–H groups in total. The molecule has 228 valence electrons. The maximum atomic E-state index is 14.1. The molecule has 0 heterocycles. The summed E-state index contributed by atoms with van der Waals surface area (Å²) in [6, 6.07) is 17.0. The maximum absolute atomic E-state index is 14.1. The number of non-ortho nitro benzene ring substituents is 1. The monoisotopic (exact) mass is 610 g/mol. The second-order valence-electron chi connectivity index (χ2n) is 10.5. The SMILES string of the molecule is CCC(C(=O)NC1CCCCC1)N(Cc1ccc(F)cc1)C(=O)CN(c1ccc([N+](=O)[O-])cc1)S(=O)(=O)c1ccccc1. The molecule has 4 rings (SSSR count). The van der Waals surface area contributed by atoms with Crippen molar-refractivity contribution >= 4 is 33.2 Å². The van der Waals surface area contributed by atoms with E-state index in [1.165, 1.54) is 53.4 Å². The average molecular weight is 611 g/mol. The third-order valence-electron chi connectivity index (χ3n) is 7.56. The molecule has 1 saturated carbocycles. The number of anilines is 1. The summed E-state index contributed by atoms with van der Waals surface area (Å²) in [5.41, 5.74) is 0.367. The quantitative estimate of drug-likeness (QED) is 0.222. The van der Waals surface area contributed by atoms with E-state index < -0.39 is 39.3 Å². The molecule has 0 bridgehead atoms. The van der Waals surface area contributed by atoms with Crippen molar-refractivity contribution in [3.63, 3.8) is 0 Å². The zero-order valence-corrected chi connectivity index (χ0v) is 24.7. The molecular weight excluding hydrogens is 575 g/mol. The predicted molar refractivity (Wildman–Crippen MR) is 160 cm³/mol. The van der Waals surface area contributed by atoms with E-state index in [9.17, 15) is 32.5 Å². The number of halogens is 1. The summed E-state index contributed by atoms with van der Waals surface area (Å²) < 4.78 is 42.2. The van der Waals surface area contributed by atoms with Crippen LogP contribution in [-0.4, -0.2) is 48.7 Å². The number of carbonyl (C=O) groups is 2. The highest BCUT2D eigenvalue weighted by atomic mass is 32.2. The molecule has 10 nitrogen and oxygen atoms in total. The van der Waals surface area contributed by atoms with Crippen molar-refractivity contribution in [3.8, 4) is 0 Å². The van der Waals surface area contributed by atoms with Crippen molar-refractivity contribution in [2.24, 2.45) is 0 Å². The van der Waals surface area contributed by atoms with Crippen LogP contribution in [0.3, 0.4) is 0 Å². The van der Waals surface area contributed by atoms with Crippen LogP contribution < -0.4 is 9.62 Å². The zero-order valence-electron chi connectivity index (χ0n) is 23.9. The Morgan fingerprint density at radius 3 is 2.19 bits per heavy atom. The zero-order chi connectivity index (χ0) is 31.0. The second-order valence-corrected chi connectivity index (χ2v) is 12.4. The van der Waals surface area contributed by atoms with Gasteiger partial charge in [-0.05, 0) is 61.2 Å². The number of nitro groups is 1. The number of amides is 2. The summed E-state index contributed by atoms with van der Waals surface area (Å²) in [6.45, 7) is 1.03. The lowest BCUT2D eigenvalue weighted by Crippen LogP contribution is -2.54. The van der Waals surface area contributed by atoms with Gasteiger partial charge in [0.05, 0.1) is 15.5 Å². The van der Waals surface area contributed by atoms with E-state index in [1.807, 2.05) is 0 Å². The number of sulfonamides is 1. The Morgan fingerprint density at radius 1 is 0.977 bits per heavy atom. The van der Waals surface area contributed by atoms with Crippen LogP contribution in [0, 0.1) is 15.9 Å². The van der Waals surface area contributed by atoms with Gasteiger partial charge >= 0.3 is 0 Å². The van der Waals surface area contributed by atoms with E-state index in [0.717, 1.165) is 48.5 Å². The minimum atomic E-state index is -4.30. The molecule has 1 unspecified atom stereocenters. The molecule has 1 fully saturated rings. The minimum Gasteiger partial charge on any atom is -0.352 e. The third-order valence-corrected chi connectivity index (χ3v) is 9.35. The van der Waals surface area contributed by atoms with Gasteiger partial charge in [0.15, 0.2) is 0 Å². The predicted octanol–water partition coefficient (Wildman–Crippen LogP) is 5.19. The average Bonchev–Trinajstić information content (AvgIpc) is 3.01. The molecule has 1 aliphatic rings. The van der Waals surface area contributed by atoms with Crippen LogP contribution >= 0.6 is 0 Å². The molecule has 43 heavy (non-hydrogen) atoms. The molecule has 0 radical (unpaired) electrons. The Hall–Kier alpha value is -4.32. The molecule has 1 atom stereocenters. The Kier molecular flexibility index (Phi) is 10.5. The fraction of sp³-hybridized carbons (Fsp3) is 0.355. The van der Waals surface area contributed by atoms with Crippen LogP contribution in [0.25, 0.3) is 0 Å². The molecular formula is C31H35FN4O6S. The second kappa shape index (κ2) is 14.2. The summed E-state index contributed by atoms with van der Waals surface area (Å²) in [5, 5.41) is 14.3. The number of hydrogen-bond donors (Lipinski definition) is 1. The number of carbonyl (C=O) groups excluding carboxylic acids is 2. The fourth-order valence-electron chi connectivity index (χ4n) is 5.24. The van der Waals surface area contributed by atoms with Gasteiger partial charge in [-0.3, -0.25) is 24.0 Å². The van der Waals surface area contributed by atoms with E-state index in [2.05, 4.69) is 5.32 Å². The number of hydrogen-bond acceptors (Lipinski definition) is 6. The van der Waals surface area contributed by atoms with Crippen molar-refractivity contribution in [2.75, 3.05) is 10.8 Å². The molecule has 0 spiro atoms. The van der Waals surface area contributed by atoms with Gasteiger partial charge in [-0.2, -0.15) is 0 Å². The Bertz CT molecular complexity index is 1510. The number of nitrogens with one attached hydrogen (secondary N) is 1. The van der Waals surface area contributed by atoms with Crippen LogP contribution in [0.2, 0.25) is 0 Å². The summed E-state index contributed by atoms with van der Waals surface area (Å²) in [4.78, 5) is 39.5. The lowest BCUT2D eigenvalue weighted by atomic mass is 9.95. The topological polar surface area (TPSA) is 130 Å². The number of benzene rings is 3. The van der Waals surface area contributed by atoms with E-state index in [1.54, 1.807) is 25.1 Å². The standard InChI is InChI=1S/C31H35FN4O6S/c1-2-29(31(38)33-25-9-5-3-6-10-25)34(21-23-13-15-24(32)16-14-23)30(37)22-35(26-17-19-27(20-18-26)36(39)40)43(41,42)28-11-7-4-8-12-28/h4,7-8,11-20,25,29H,2-3,5-6,9-10,21-22H2,1H3,(H,33,38). The van der Waals surface area contributed by atoms with Crippen LogP contribution in [0.4, 0.5) is 15.8 Å². The summed E-state index contributed by atoms with van der Waals surface area (Å²) >= 11 is 0. The van der Waals surface area contributed by atoms with Gasteiger partial charge in [0.1, 0.15) is 18.4 Å². The molecule has 1 aliphatic carbocycles. The van der Waals surface area contributed by atoms with Crippen molar-refractivity contribution in [1.29, 1.82) is 0 Å². The highest BCUT2D eigenvalue weighted by molar-refractivity contribution is 7.92. The fourth-order valence-corrected chi connectivity index (χ4v) is 6.67. The van der Waals surface area contributed by atoms with Crippen molar-refractivity contribution in [3.05, 3.63) is 100 Å². The van der Waals surface area contributed by atoms with Gasteiger partial charge in [-0.15, -0.1) is 0 Å². The Labute approximate surface area is 250 Å². The van der Waals surface area contributed by atoms with E-state index >= 15 is 0 Å². The van der Waals surface area contributed by atoms with Gasteiger partial charge in [0, 0.05) is 24.7 Å². The summed E-state index contributed by atoms with van der Waals surface area (Å²) in [7, 11) is -4.30. The summed E-state index contributed by atoms with van der Waals surface area (Å²) in [6.07, 6.45) is 5.05. The smallest absolute Gasteiger partial charge is 0.269 e. The number of nitro benzene ring substituents is 1. The van der Waals surface area contributed by atoms with Gasteiger partial charge in [-0.1, -0.05) is 56.5 Å². The molecule has 0 saturated heterocycles. The Morgan fingerprint density at radius 2 is 1.60 bits per heavy atom. The first-order valence-corrected chi connectivity index (χ1v) is 15.7. The third kappa shape index (κ3) is 7.95. The molecule has 0 aromatic heterocycles. The van der Waals surface area contributed by atoms with Gasteiger partial charge in [0.2, 0.25) is 11.8 Å². The normalized spacial score (nSPS) is 14.5. The first-order valence-electron chi connectivity index (χ1n) is 14.3. The highest BCUT2D eigenvalue weighted by Gasteiger charge is 2.34. The van der Waals surface area contributed by atoms with Crippen LogP contribution in [-0.2, 0) is 26.2 Å². The van der Waals surface area contributed by atoms with E-state index in [-0.39, 0.29) is 41.2 Å². The van der Waals surface area contributed by atoms with Gasteiger partial charge < -0.3 is 10.2 Å². The van der Waals surface area contributed by atoms with Crippen LogP contribution in [0.1, 0.15) is 51.0 Å². The van der Waals surface area contributed by atoms with Crippen molar-refractivity contribution in [2.45, 2.75) is 69.0 Å². The maximum Gasteiger partial charge on any atom is 0.269 e. The lowest BCUT2D eigenvalue weighted by molar-refractivity contribution is -0.384. The van der Waals surface area contributed by atoms with E-state index in [4.69, 9.17) is 0 Å². The summed E-state index contributed by atoms with van der Waals surface area (Å²) in [5.74, 6) is -1.45. The lowest BCUT2D eigenvalue weighted by Gasteiger charge is -2.34. The minimum absolute atomic E-state index is 0.00635. The van der Waals surface area contributed by atoms with Crippen LogP contribution in [0.15, 0.2) is 83.8 Å². The van der Waals surface area contributed by atoms with Crippen LogP contribution in [0.5, 0.6) is 0 Å². The van der Waals surface area contributed by atoms with Gasteiger partial charge in [0.25, 0.3) is 15.7 Å². The molecule has 0 aliphatic heterocycles. The molecule has 3 aromatic carbocycles. The molecule has 3 aromatic rings. The van der Waals surface area contributed by atoms with Gasteiger partial charge in [-0.25, -0.2) is 12.8 Å². The highest BCUT2D eigenvalue weighted by Crippen LogP contribution is 2.27. The first-order chi connectivity index (χ1) is 20.6. The number of rotatable bonds is 12. The van der Waals surface area contributed by atoms with Crippen molar-refractivity contribution in [1.82, 2.24) is 10.2 Å². The molecule has 2 amide bonds. The number of nitrogens with zero attached hydrogens (tertiary/aromatic N) is 3. The van der Waals surface area contributed by atoms with Crippen molar-refractivity contribution < 1.29 is 27.3 Å². The Balaban J connectivity index is 1.70. The first kappa shape index (κ1) is 31.6. The van der Waals surface area contributed by atoms with E-state index in [0.29, 0.717) is 5.56 Å².